The second-order valence-corrected chi connectivity index (χ2v) is 8.90. The van der Waals surface area contributed by atoms with Crippen molar-refractivity contribution >= 4 is 15.7 Å². The number of hydrogen-bond acceptors (Lipinski definition) is 5. The summed E-state index contributed by atoms with van der Waals surface area (Å²) >= 11 is 0. The fraction of sp³-hybridized carbons (Fsp3) is 0.368. The molecule has 1 N–H and O–H groups in total. The normalized spacial score (nSPS) is 13.3. The molecular weight excluding hydrogens is 368 g/mol. The molecule has 0 spiro atoms. The van der Waals surface area contributed by atoms with Gasteiger partial charge in [-0.1, -0.05) is 30.3 Å². The molecule has 27 heavy (non-hydrogen) atoms. The zero-order chi connectivity index (χ0) is 20.1. The fourth-order valence-corrected chi connectivity index (χ4v) is 3.64. The molecule has 0 saturated heterocycles. The van der Waals surface area contributed by atoms with Crippen molar-refractivity contribution < 1.29 is 18.1 Å². The zero-order valence-corrected chi connectivity index (χ0v) is 16.4. The molecule has 0 unspecified atom stereocenters. The molecule has 0 aliphatic heterocycles. The lowest BCUT2D eigenvalue weighted by molar-refractivity contribution is -0.384. The van der Waals surface area contributed by atoms with Gasteiger partial charge in [-0.25, -0.2) is 13.1 Å². The van der Waals surface area contributed by atoms with Crippen LogP contribution in [0.15, 0.2) is 59.5 Å². The Balaban J connectivity index is 2.19. The molecule has 0 fully saturated rings. The summed E-state index contributed by atoms with van der Waals surface area (Å²) in [6.07, 6.45) is 0.461. The topological polar surface area (TPSA) is 98.5 Å². The highest BCUT2D eigenvalue weighted by molar-refractivity contribution is 7.89. The molecule has 0 aromatic heterocycles. The SMILES string of the molecule is CC(C)(C)OC[C@H](Cc1ccccc1)NS(=O)(=O)c1ccc([N+](=O)[O-])cc1. The van der Waals surface area contributed by atoms with Crippen molar-refractivity contribution in [3.63, 3.8) is 0 Å². The summed E-state index contributed by atoms with van der Waals surface area (Å²) in [6.45, 7) is 5.90. The van der Waals surface area contributed by atoms with Gasteiger partial charge in [-0.3, -0.25) is 10.1 Å². The van der Waals surface area contributed by atoms with Crippen LogP contribution in [0.4, 0.5) is 5.69 Å². The standard InChI is InChI=1S/C19H24N2O5S/c1-19(2,3)26-14-16(13-15-7-5-4-6-8-15)20-27(24,25)18-11-9-17(10-12-18)21(22)23/h4-12,16,20H,13-14H2,1-3H3/t16-/m0/s1. The Morgan fingerprint density at radius 2 is 1.67 bits per heavy atom. The number of nitrogens with one attached hydrogen (secondary N) is 1. The van der Waals surface area contributed by atoms with Gasteiger partial charge in [-0.15, -0.1) is 0 Å². The summed E-state index contributed by atoms with van der Waals surface area (Å²) in [6, 6.07) is 13.8. The van der Waals surface area contributed by atoms with Crippen molar-refractivity contribution in [2.24, 2.45) is 0 Å². The summed E-state index contributed by atoms with van der Waals surface area (Å²) in [5.74, 6) is 0. The van der Waals surface area contributed by atoms with Gasteiger partial charge in [0.05, 0.1) is 22.0 Å². The lowest BCUT2D eigenvalue weighted by Crippen LogP contribution is -2.41. The molecule has 8 heteroatoms. The number of sulfonamides is 1. The summed E-state index contributed by atoms with van der Waals surface area (Å²) in [5, 5.41) is 10.7. The number of nitrogens with zero attached hydrogens (tertiary/aromatic N) is 1. The van der Waals surface area contributed by atoms with Crippen LogP contribution in [0, 0.1) is 10.1 Å². The molecule has 0 amide bonds. The van der Waals surface area contributed by atoms with Gasteiger partial charge in [0.15, 0.2) is 0 Å². The first-order valence-corrected chi connectivity index (χ1v) is 10.00. The molecule has 0 bridgehead atoms. The molecule has 2 aromatic carbocycles. The van der Waals surface area contributed by atoms with Crippen LogP contribution >= 0.6 is 0 Å². The lowest BCUT2D eigenvalue weighted by Gasteiger charge is -2.25. The maximum absolute atomic E-state index is 12.7. The first-order valence-electron chi connectivity index (χ1n) is 8.51. The van der Waals surface area contributed by atoms with Gasteiger partial charge in [0.1, 0.15) is 0 Å². The predicted octanol–water partition coefficient (Wildman–Crippen LogP) is 3.30. The van der Waals surface area contributed by atoms with Crippen molar-refractivity contribution in [2.75, 3.05) is 6.61 Å². The van der Waals surface area contributed by atoms with Crippen LogP contribution < -0.4 is 4.72 Å². The number of hydrogen-bond donors (Lipinski definition) is 1. The minimum absolute atomic E-state index is 0.0260. The smallest absolute Gasteiger partial charge is 0.269 e. The summed E-state index contributed by atoms with van der Waals surface area (Å²) < 4.78 is 33.8. The van der Waals surface area contributed by atoms with Crippen molar-refractivity contribution in [1.82, 2.24) is 4.72 Å². The minimum Gasteiger partial charge on any atom is -0.374 e. The second-order valence-electron chi connectivity index (χ2n) is 7.18. The quantitative estimate of drug-likeness (QED) is 0.549. The molecule has 0 radical (unpaired) electrons. The number of ether oxygens (including phenoxy) is 1. The van der Waals surface area contributed by atoms with Crippen LogP contribution in [0.5, 0.6) is 0 Å². The molecular formula is C19H24N2O5S. The Kier molecular flexibility index (Phi) is 6.69. The number of benzene rings is 2. The minimum atomic E-state index is -3.84. The van der Waals surface area contributed by atoms with Gasteiger partial charge in [0, 0.05) is 18.2 Å². The van der Waals surface area contributed by atoms with Crippen molar-refractivity contribution in [1.29, 1.82) is 0 Å². The van der Waals surface area contributed by atoms with E-state index in [1.54, 1.807) is 0 Å². The Bertz CT molecular complexity index is 859. The highest BCUT2D eigenvalue weighted by atomic mass is 32.2. The van der Waals surface area contributed by atoms with Crippen molar-refractivity contribution in [3.05, 3.63) is 70.3 Å². The van der Waals surface area contributed by atoms with Crippen LogP contribution in [0.25, 0.3) is 0 Å². The Morgan fingerprint density at radius 1 is 1.07 bits per heavy atom. The van der Waals surface area contributed by atoms with Crippen LogP contribution in [0.2, 0.25) is 0 Å². The van der Waals surface area contributed by atoms with Crippen molar-refractivity contribution in [2.45, 2.75) is 43.7 Å². The number of nitro groups is 1. The van der Waals surface area contributed by atoms with E-state index in [0.717, 1.165) is 5.56 Å². The van der Waals surface area contributed by atoms with Gasteiger partial charge in [0.25, 0.3) is 5.69 Å². The average Bonchev–Trinajstić information content (AvgIpc) is 2.60. The van der Waals surface area contributed by atoms with E-state index in [9.17, 15) is 18.5 Å². The van der Waals surface area contributed by atoms with E-state index in [2.05, 4.69) is 4.72 Å². The molecule has 2 aromatic rings. The summed E-state index contributed by atoms with van der Waals surface area (Å²) in [5.41, 5.74) is 0.408. The summed E-state index contributed by atoms with van der Waals surface area (Å²) in [4.78, 5) is 10.1. The first-order chi connectivity index (χ1) is 12.6. The predicted molar refractivity (Wildman–Crippen MR) is 103 cm³/mol. The van der Waals surface area contributed by atoms with Gasteiger partial charge in [0.2, 0.25) is 10.0 Å². The zero-order valence-electron chi connectivity index (χ0n) is 15.6. The first kappa shape index (κ1) is 21.0. The number of nitro benzene ring substituents is 1. The summed E-state index contributed by atoms with van der Waals surface area (Å²) in [7, 11) is -3.84. The maximum atomic E-state index is 12.7. The van der Waals surface area contributed by atoms with E-state index in [0.29, 0.717) is 6.42 Å². The highest BCUT2D eigenvalue weighted by Crippen LogP contribution is 2.17. The Hall–Kier alpha value is -2.29. The largest absolute Gasteiger partial charge is 0.374 e. The molecule has 2 rings (SSSR count). The third-order valence-corrected chi connectivity index (χ3v) is 5.26. The molecule has 7 nitrogen and oxygen atoms in total. The van der Waals surface area contributed by atoms with Gasteiger partial charge in [-0.2, -0.15) is 0 Å². The average molecular weight is 392 g/mol. The molecule has 0 heterocycles. The van der Waals surface area contributed by atoms with Crippen LogP contribution in [0.3, 0.4) is 0 Å². The molecule has 1 atom stereocenters. The number of rotatable bonds is 8. The van der Waals surface area contributed by atoms with Crippen LogP contribution in [0.1, 0.15) is 26.3 Å². The van der Waals surface area contributed by atoms with Gasteiger partial charge < -0.3 is 4.74 Å². The molecule has 0 aliphatic carbocycles. The van der Waals surface area contributed by atoms with Crippen molar-refractivity contribution in [3.8, 4) is 0 Å². The van der Waals surface area contributed by atoms with E-state index < -0.39 is 26.6 Å². The van der Waals surface area contributed by atoms with E-state index in [1.165, 1.54) is 24.3 Å². The second kappa shape index (κ2) is 8.60. The van der Waals surface area contributed by atoms with Gasteiger partial charge >= 0.3 is 0 Å². The van der Waals surface area contributed by atoms with E-state index >= 15 is 0 Å². The molecule has 0 saturated carbocycles. The maximum Gasteiger partial charge on any atom is 0.269 e. The molecule has 146 valence electrons. The van der Waals surface area contributed by atoms with E-state index in [1.807, 2.05) is 51.1 Å². The van der Waals surface area contributed by atoms with Gasteiger partial charge in [-0.05, 0) is 44.9 Å². The van der Waals surface area contributed by atoms with Crippen LogP contribution in [-0.4, -0.2) is 31.6 Å². The fourth-order valence-electron chi connectivity index (χ4n) is 2.42. The van der Waals surface area contributed by atoms with Crippen LogP contribution in [-0.2, 0) is 21.2 Å². The third-order valence-electron chi connectivity index (χ3n) is 3.72. The van der Waals surface area contributed by atoms with E-state index in [-0.39, 0.29) is 17.2 Å². The number of non-ortho nitro benzene ring substituents is 1. The Labute approximate surface area is 159 Å². The third kappa shape index (κ3) is 6.74. The monoisotopic (exact) mass is 392 g/mol. The highest BCUT2D eigenvalue weighted by Gasteiger charge is 2.23. The van der Waals surface area contributed by atoms with E-state index in [4.69, 9.17) is 4.74 Å². The Morgan fingerprint density at radius 3 is 2.19 bits per heavy atom. The molecule has 0 aliphatic rings. The lowest BCUT2D eigenvalue weighted by atomic mass is 10.1.